The summed E-state index contributed by atoms with van der Waals surface area (Å²) in [5.41, 5.74) is 0.107. The minimum atomic E-state index is -1.96. The van der Waals surface area contributed by atoms with Gasteiger partial charge in [0.25, 0.3) is 0 Å². The van der Waals surface area contributed by atoms with Crippen LogP contribution in [0.2, 0.25) is 0 Å². The normalized spacial score (nSPS) is 24.4. The van der Waals surface area contributed by atoms with Crippen molar-refractivity contribution in [3.05, 3.63) is 46.1 Å². The molecule has 1 fully saturated rings. The van der Waals surface area contributed by atoms with Gasteiger partial charge in [0, 0.05) is 17.7 Å². The number of aryl methyl sites for hydroxylation is 1. The SMILES string of the molecule is CCc1cc(-c2cc(=O)c3c(O)c(O)c(O[C@@H]4O[C@H](C(=O)O)[C@@H](O)[C@H](O)[C@H]4O)cc3o2)ccc1O. The van der Waals surface area contributed by atoms with Gasteiger partial charge in [-0.05, 0) is 30.2 Å². The van der Waals surface area contributed by atoms with Crippen LogP contribution in [0.25, 0.3) is 22.3 Å². The third kappa shape index (κ3) is 4.23. The number of rotatable bonds is 5. The molecule has 0 saturated carbocycles. The number of phenolic OH excluding ortho intramolecular Hbond substituents is 3. The van der Waals surface area contributed by atoms with Crippen molar-refractivity contribution in [3.63, 3.8) is 0 Å². The summed E-state index contributed by atoms with van der Waals surface area (Å²) >= 11 is 0. The maximum Gasteiger partial charge on any atom is 0.335 e. The topological polar surface area (TPSA) is 207 Å². The monoisotopic (exact) mass is 490 g/mol. The molecule has 5 atom stereocenters. The molecule has 1 aliphatic heterocycles. The minimum Gasteiger partial charge on any atom is -0.508 e. The molecule has 3 aromatic rings. The summed E-state index contributed by atoms with van der Waals surface area (Å²) in [6, 6.07) is 6.67. The van der Waals surface area contributed by atoms with E-state index in [1.165, 1.54) is 12.1 Å². The van der Waals surface area contributed by atoms with Crippen molar-refractivity contribution in [1.29, 1.82) is 0 Å². The molecule has 186 valence electrons. The first-order chi connectivity index (χ1) is 16.5. The highest BCUT2D eigenvalue weighted by Crippen LogP contribution is 2.42. The molecule has 1 aromatic heterocycles. The number of fused-ring (bicyclic) bond motifs is 1. The van der Waals surface area contributed by atoms with Gasteiger partial charge >= 0.3 is 5.97 Å². The molecule has 1 aliphatic rings. The highest BCUT2D eigenvalue weighted by atomic mass is 16.7. The molecule has 1 saturated heterocycles. The lowest BCUT2D eigenvalue weighted by Crippen LogP contribution is -2.61. The van der Waals surface area contributed by atoms with Gasteiger partial charge in [0.05, 0.1) is 0 Å². The first kappa shape index (κ1) is 24.3. The van der Waals surface area contributed by atoms with Crippen LogP contribution in [0.15, 0.2) is 39.5 Å². The summed E-state index contributed by atoms with van der Waals surface area (Å²) in [4.78, 5) is 24.0. The molecule has 0 bridgehead atoms. The van der Waals surface area contributed by atoms with Gasteiger partial charge in [-0.2, -0.15) is 0 Å². The fraction of sp³-hybridized carbons (Fsp3) is 0.304. The average molecular weight is 490 g/mol. The molecule has 12 heteroatoms. The summed E-state index contributed by atoms with van der Waals surface area (Å²) in [5, 5.41) is 69.4. The molecule has 0 radical (unpaired) electrons. The van der Waals surface area contributed by atoms with Crippen molar-refractivity contribution in [3.8, 4) is 34.3 Å². The van der Waals surface area contributed by atoms with E-state index in [0.29, 0.717) is 17.5 Å². The summed E-state index contributed by atoms with van der Waals surface area (Å²) < 4.78 is 16.1. The first-order valence-electron chi connectivity index (χ1n) is 10.5. The first-order valence-corrected chi connectivity index (χ1v) is 10.5. The average Bonchev–Trinajstić information content (AvgIpc) is 2.82. The van der Waals surface area contributed by atoms with E-state index >= 15 is 0 Å². The Labute approximate surface area is 196 Å². The van der Waals surface area contributed by atoms with E-state index in [-0.39, 0.29) is 22.5 Å². The predicted molar refractivity (Wildman–Crippen MR) is 117 cm³/mol. The highest BCUT2D eigenvalue weighted by molar-refractivity contribution is 5.89. The number of carboxylic acids is 1. The zero-order valence-corrected chi connectivity index (χ0v) is 18.2. The van der Waals surface area contributed by atoms with E-state index in [0.717, 1.165) is 12.1 Å². The van der Waals surface area contributed by atoms with Crippen LogP contribution < -0.4 is 10.2 Å². The zero-order valence-electron chi connectivity index (χ0n) is 18.2. The van der Waals surface area contributed by atoms with E-state index in [9.17, 15) is 45.3 Å². The van der Waals surface area contributed by atoms with E-state index in [1.807, 2.05) is 6.92 Å². The number of hydrogen-bond acceptors (Lipinski definition) is 11. The molecule has 0 unspecified atom stereocenters. The predicted octanol–water partition coefficient (Wildman–Crippen LogP) is 0.410. The Hall–Kier alpha value is -3.84. The zero-order chi connectivity index (χ0) is 25.6. The van der Waals surface area contributed by atoms with Crippen LogP contribution in [0, 0.1) is 0 Å². The van der Waals surface area contributed by atoms with Crippen molar-refractivity contribution in [2.45, 2.75) is 44.1 Å². The molecule has 0 spiro atoms. The van der Waals surface area contributed by atoms with Gasteiger partial charge in [-0.15, -0.1) is 0 Å². The second kappa shape index (κ2) is 9.07. The number of aromatic hydroxyl groups is 3. The largest absolute Gasteiger partial charge is 0.508 e. The van der Waals surface area contributed by atoms with Crippen LogP contribution in [-0.2, 0) is 16.0 Å². The second-order valence-corrected chi connectivity index (χ2v) is 7.97. The fourth-order valence-electron chi connectivity index (χ4n) is 3.80. The van der Waals surface area contributed by atoms with Crippen LogP contribution in [-0.4, -0.2) is 72.4 Å². The van der Waals surface area contributed by atoms with Crippen molar-refractivity contribution in [2.75, 3.05) is 0 Å². The Morgan fingerprint density at radius 3 is 2.37 bits per heavy atom. The van der Waals surface area contributed by atoms with Gasteiger partial charge in [0.2, 0.25) is 12.0 Å². The van der Waals surface area contributed by atoms with Gasteiger partial charge in [0.1, 0.15) is 40.8 Å². The summed E-state index contributed by atoms with van der Waals surface area (Å²) in [5.74, 6) is -3.90. The molecule has 0 aliphatic carbocycles. The van der Waals surface area contributed by atoms with Crippen LogP contribution in [0.1, 0.15) is 12.5 Å². The van der Waals surface area contributed by atoms with E-state index < -0.39 is 59.4 Å². The maximum absolute atomic E-state index is 12.7. The Kier molecular flexibility index (Phi) is 6.30. The lowest BCUT2D eigenvalue weighted by Gasteiger charge is -2.38. The minimum absolute atomic E-state index is 0.0654. The van der Waals surface area contributed by atoms with Gasteiger partial charge in [-0.1, -0.05) is 6.92 Å². The van der Waals surface area contributed by atoms with Gasteiger partial charge in [0.15, 0.2) is 23.0 Å². The Bertz CT molecular complexity index is 1350. The third-order valence-electron chi connectivity index (χ3n) is 5.73. The Morgan fingerprint density at radius 2 is 1.71 bits per heavy atom. The Balaban J connectivity index is 1.78. The molecule has 7 N–H and O–H groups in total. The van der Waals surface area contributed by atoms with Crippen LogP contribution in [0.4, 0.5) is 0 Å². The molecule has 2 heterocycles. The number of carbonyl (C=O) groups is 1. The number of aliphatic hydroxyl groups is 3. The Morgan fingerprint density at radius 1 is 1.00 bits per heavy atom. The van der Waals surface area contributed by atoms with Crippen LogP contribution in [0.5, 0.6) is 23.0 Å². The fourth-order valence-corrected chi connectivity index (χ4v) is 3.80. The highest BCUT2D eigenvalue weighted by Gasteiger charge is 2.48. The van der Waals surface area contributed by atoms with Gasteiger partial charge in [-0.3, -0.25) is 4.79 Å². The van der Waals surface area contributed by atoms with E-state index in [2.05, 4.69) is 0 Å². The lowest BCUT2D eigenvalue weighted by atomic mass is 9.99. The van der Waals surface area contributed by atoms with Gasteiger partial charge in [-0.25, -0.2) is 4.79 Å². The molecule has 4 rings (SSSR count). The van der Waals surface area contributed by atoms with Crippen LogP contribution >= 0.6 is 0 Å². The molecule has 2 aromatic carbocycles. The van der Waals surface area contributed by atoms with Gasteiger partial charge < -0.3 is 49.6 Å². The number of carboxylic acid groups (broad SMARTS) is 1. The van der Waals surface area contributed by atoms with Crippen molar-refractivity contribution >= 4 is 16.9 Å². The quantitative estimate of drug-likeness (QED) is 0.243. The number of ether oxygens (including phenoxy) is 2. The number of hydrogen-bond donors (Lipinski definition) is 7. The summed E-state index contributed by atoms with van der Waals surface area (Å²) in [7, 11) is 0. The molecule has 0 amide bonds. The molecule has 12 nitrogen and oxygen atoms in total. The number of phenols is 3. The number of aliphatic carboxylic acids is 1. The summed E-state index contributed by atoms with van der Waals surface area (Å²) in [6.45, 7) is 1.83. The molecular formula is C23H22O12. The number of benzene rings is 2. The second-order valence-electron chi connectivity index (χ2n) is 7.97. The lowest BCUT2D eigenvalue weighted by molar-refractivity contribution is -0.271. The smallest absolute Gasteiger partial charge is 0.335 e. The standard InChI is InChI=1S/C23H22O12/c1-2-8-5-9(3-4-10(8)24)12-6-11(25)15-13(33-12)7-14(16(26)17(15)27)34-23-20(30)18(28)19(29)21(35-23)22(31)32/h3-7,18-21,23-24,26-30H,2H2,1H3,(H,31,32)/t18-,19-,20+,21-,23+/m0/s1. The summed E-state index contributed by atoms with van der Waals surface area (Å²) in [6.07, 6.45) is -9.18. The van der Waals surface area contributed by atoms with E-state index in [1.54, 1.807) is 6.07 Å². The van der Waals surface area contributed by atoms with E-state index in [4.69, 9.17) is 13.9 Å². The van der Waals surface area contributed by atoms with Crippen molar-refractivity contribution < 1.29 is 54.4 Å². The van der Waals surface area contributed by atoms with Crippen molar-refractivity contribution in [2.24, 2.45) is 0 Å². The molecule has 35 heavy (non-hydrogen) atoms. The van der Waals surface area contributed by atoms with Crippen molar-refractivity contribution in [1.82, 2.24) is 0 Å². The molecular weight excluding hydrogens is 468 g/mol. The number of aliphatic hydroxyl groups excluding tert-OH is 3. The van der Waals surface area contributed by atoms with Crippen LogP contribution in [0.3, 0.4) is 0 Å². The maximum atomic E-state index is 12.7. The third-order valence-corrected chi connectivity index (χ3v) is 5.73.